The zero-order chi connectivity index (χ0) is 13.8. The third-order valence-corrected chi connectivity index (χ3v) is 3.80. The molecule has 0 radical (unpaired) electrons. The summed E-state index contributed by atoms with van der Waals surface area (Å²) in [4.78, 5) is 4.36. The Morgan fingerprint density at radius 1 is 0.810 bits per heavy atom. The Morgan fingerprint density at radius 2 is 1.71 bits per heavy atom. The Kier molecular flexibility index (Phi) is 1.95. The van der Waals surface area contributed by atoms with Crippen LogP contribution in [0.1, 0.15) is 0 Å². The Hall–Kier alpha value is -2.95. The van der Waals surface area contributed by atoms with Gasteiger partial charge in [0.2, 0.25) is 6.79 Å². The van der Waals surface area contributed by atoms with E-state index in [9.17, 15) is 0 Å². The smallest absolute Gasteiger partial charge is 0.231 e. The summed E-state index contributed by atoms with van der Waals surface area (Å²) in [6.07, 6.45) is 1.78. The van der Waals surface area contributed by atoms with Crippen LogP contribution in [0.5, 0.6) is 11.5 Å². The predicted molar refractivity (Wildman–Crippen MR) is 78.5 cm³/mol. The lowest BCUT2D eigenvalue weighted by molar-refractivity contribution is 0.174. The van der Waals surface area contributed by atoms with Crippen molar-refractivity contribution in [2.45, 2.75) is 0 Å². The lowest BCUT2D eigenvalue weighted by Gasteiger charge is -2.06. The standard InChI is InChI=1S/C16H9N3O2/c1-2-10-12(17-5-1)4-3-9-11-6-14-15(21-8-20-14)7-13(11)18-19-16(9)10/h1-7H,8H2. The van der Waals surface area contributed by atoms with E-state index in [2.05, 4.69) is 15.2 Å². The quantitative estimate of drug-likeness (QED) is 0.462. The van der Waals surface area contributed by atoms with Crippen LogP contribution in [-0.4, -0.2) is 22.0 Å². The van der Waals surface area contributed by atoms with E-state index in [4.69, 9.17) is 9.47 Å². The van der Waals surface area contributed by atoms with Crippen LogP contribution in [0.3, 0.4) is 0 Å². The van der Waals surface area contributed by atoms with Crippen LogP contribution in [0.25, 0.3) is 32.7 Å². The van der Waals surface area contributed by atoms with Crippen LogP contribution in [0.4, 0.5) is 0 Å². The third-order valence-electron chi connectivity index (χ3n) is 3.80. The molecule has 5 nitrogen and oxygen atoms in total. The van der Waals surface area contributed by atoms with Crippen LogP contribution in [0.15, 0.2) is 42.6 Å². The van der Waals surface area contributed by atoms with Crippen molar-refractivity contribution in [3.63, 3.8) is 0 Å². The van der Waals surface area contributed by atoms with Crippen molar-refractivity contribution in [2.75, 3.05) is 6.79 Å². The van der Waals surface area contributed by atoms with Gasteiger partial charge in [-0.25, -0.2) is 0 Å². The highest BCUT2D eigenvalue weighted by Crippen LogP contribution is 2.38. The fourth-order valence-corrected chi connectivity index (χ4v) is 2.80. The number of ether oxygens (including phenoxy) is 2. The highest BCUT2D eigenvalue weighted by molar-refractivity contribution is 6.13. The Balaban J connectivity index is 1.98. The largest absolute Gasteiger partial charge is 0.454 e. The molecule has 3 heterocycles. The topological polar surface area (TPSA) is 57.1 Å². The first-order valence-electron chi connectivity index (χ1n) is 6.64. The molecule has 0 saturated heterocycles. The third kappa shape index (κ3) is 1.43. The van der Waals surface area contributed by atoms with Crippen LogP contribution in [-0.2, 0) is 0 Å². The minimum absolute atomic E-state index is 0.254. The number of fused-ring (bicyclic) bond motifs is 6. The van der Waals surface area contributed by atoms with Crippen molar-refractivity contribution in [1.29, 1.82) is 0 Å². The number of nitrogens with zero attached hydrogens (tertiary/aromatic N) is 3. The minimum Gasteiger partial charge on any atom is -0.454 e. The van der Waals surface area contributed by atoms with E-state index in [1.807, 2.05) is 36.4 Å². The molecule has 5 heteroatoms. The highest BCUT2D eigenvalue weighted by atomic mass is 16.7. The van der Waals surface area contributed by atoms with E-state index in [1.54, 1.807) is 6.20 Å². The van der Waals surface area contributed by atoms with Crippen molar-refractivity contribution in [3.8, 4) is 11.5 Å². The Morgan fingerprint density at radius 3 is 2.67 bits per heavy atom. The molecular formula is C16H9N3O2. The fourth-order valence-electron chi connectivity index (χ4n) is 2.80. The summed E-state index contributed by atoms with van der Waals surface area (Å²) < 4.78 is 10.8. The van der Waals surface area contributed by atoms with Gasteiger partial charge < -0.3 is 9.47 Å². The molecule has 5 rings (SSSR count). The van der Waals surface area contributed by atoms with Gasteiger partial charge in [0.25, 0.3) is 0 Å². The first-order valence-corrected chi connectivity index (χ1v) is 6.64. The second-order valence-electron chi connectivity index (χ2n) is 4.95. The number of aromatic nitrogens is 3. The van der Waals surface area contributed by atoms with Crippen LogP contribution < -0.4 is 9.47 Å². The van der Waals surface area contributed by atoms with Gasteiger partial charge in [0.1, 0.15) is 5.52 Å². The van der Waals surface area contributed by atoms with E-state index in [0.29, 0.717) is 0 Å². The monoisotopic (exact) mass is 275 g/mol. The summed E-state index contributed by atoms with van der Waals surface area (Å²) in [6.45, 7) is 0.254. The number of rotatable bonds is 0. The first-order chi connectivity index (χ1) is 10.4. The minimum atomic E-state index is 0.254. The van der Waals surface area contributed by atoms with Crippen molar-refractivity contribution < 1.29 is 9.47 Å². The lowest BCUT2D eigenvalue weighted by atomic mass is 10.1. The molecule has 1 aliphatic heterocycles. The van der Waals surface area contributed by atoms with Gasteiger partial charge in [-0.1, -0.05) is 0 Å². The Bertz CT molecular complexity index is 1030. The molecule has 0 saturated carbocycles. The van der Waals surface area contributed by atoms with E-state index in [0.717, 1.165) is 44.2 Å². The second-order valence-corrected chi connectivity index (χ2v) is 4.95. The molecule has 2 aromatic heterocycles. The summed E-state index contributed by atoms with van der Waals surface area (Å²) in [5, 5.41) is 11.8. The molecule has 0 N–H and O–H groups in total. The molecule has 1 aliphatic rings. The summed E-state index contributed by atoms with van der Waals surface area (Å²) in [5.74, 6) is 1.47. The number of hydrogen-bond donors (Lipinski definition) is 0. The number of benzene rings is 2. The van der Waals surface area contributed by atoms with Gasteiger partial charge in [-0.15, -0.1) is 10.2 Å². The molecule has 0 fully saturated rings. The second kappa shape index (κ2) is 3.79. The van der Waals surface area contributed by atoms with Crippen LogP contribution in [0, 0.1) is 0 Å². The fraction of sp³-hybridized carbons (Fsp3) is 0.0625. The van der Waals surface area contributed by atoms with Crippen LogP contribution >= 0.6 is 0 Å². The molecule has 0 aliphatic carbocycles. The summed E-state index contributed by atoms with van der Waals surface area (Å²) >= 11 is 0. The average molecular weight is 275 g/mol. The average Bonchev–Trinajstić information content (AvgIpc) is 2.99. The van der Waals surface area contributed by atoms with Gasteiger partial charge in [0.05, 0.1) is 11.0 Å². The van der Waals surface area contributed by atoms with Gasteiger partial charge in [0, 0.05) is 28.4 Å². The van der Waals surface area contributed by atoms with Crippen molar-refractivity contribution >= 4 is 32.7 Å². The van der Waals surface area contributed by atoms with E-state index >= 15 is 0 Å². The van der Waals surface area contributed by atoms with Gasteiger partial charge in [-0.3, -0.25) is 4.98 Å². The molecule has 4 aromatic rings. The van der Waals surface area contributed by atoms with Crippen LogP contribution in [0.2, 0.25) is 0 Å². The van der Waals surface area contributed by atoms with Crippen molar-refractivity contribution in [3.05, 3.63) is 42.6 Å². The van der Waals surface area contributed by atoms with Crippen molar-refractivity contribution in [1.82, 2.24) is 15.2 Å². The van der Waals surface area contributed by atoms with Gasteiger partial charge in [-0.05, 0) is 30.3 Å². The molecule has 0 bridgehead atoms. The molecular weight excluding hydrogens is 266 g/mol. The zero-order valence-corrected chi connectivity index (χ0v) is 10.9. The predicted octanol–water partition coefficient (Wildman–Crippen LogP) is 3.06. The highest BCUT2D eigenvalue weighted by Gasteiger charge is 2.17. The van der Waals surface area contributed by atoms with Gasteiger partial charge in [-0.2, -0.15) is 0 Å². The molecule has 2 aromatic carbocycles. The summed E-state index contributed by atoms with van der Waals surface area (Å²) in [6, 6.07) is 11.8. The first kappa shape index (κ1) is 10.8. The normalized spacial score (nSPS) is 13.3. The van der Waals surface area contributed by atoms with Crippen molar-refractivity contribution in [2.24, 2.45) is 0 Å². The van der Waals surface area contributed by atoms with Gasteiger partial charge in [0.15, 0.2) is 11.5 Å². The molecule has 0 amide bonds. The molecule has 0 unspecified atom stereocenters. The molecule has 100 valence electrons. The Labute approximate surface area is 119 Å². The van der Waals surface area contributed by atoms with E-state index in [1.165, 1.54) is 0 Å². The summed E-state index contributed by atoms with van der Waals surface area (Å²) in [7, 11) is 0. The molecule has 0 spiro atoms. The number of pyridine rings is 1. The van der Waals surface area contributed by atoms with E-state index < -0.39 is 0 Å². The maximum atomic E-state index is 5.46. The SMILES string of the molecule is c1cnc2ccc3c4cc5c(cc4nnc3c2c1)OCO5. The summed E-state index contributed by atoms with van der Waals surface area (Å²) in [5.41, 5.74) is 2.57. The molecule has 0 atom stereocenters. The zero-order valence-electron chi connectivity index (χ0n) is 10.9. The maximum absolute atomic E-state index is 5.46. The van der Waals surface area contributed by atoms with E-state index in [-0.39, 0.29) is 6.79 Å². The maximum Gasteiger partial charge on any atom is 0.231 e. The van der Waals surface area contributed by atoms with Gasteiger partial charge >= 0.3 is 0 Å². The molecule has 21 heavy (non-hydrogen) atoms. The number of hydrogen-bond acceptors (Lipinski definition) is 5. The lowest BCUT2D eigenvalue weighted by Crippen LogP contribution is -1.92.